The summed E-state index contributed by atoms with van der Waals surface area (Å²) in [5.74, 6) is 0. The highest BCUT2D eigenvalue weighted by molar-refractivity contribution is 7.89. The lowest BCUT2D eigenvalue weighted by molar-refractivity contribution is 0.145. The highest BCUT2D eigenvalue weighted by Gasteiger charge is 2.28. The van der Waals surface area contributed by atoms with Gasteiger partial charge in [0.15, 0.2) is 3.95 Å². The van der Waals surface area contributed by atoms with E-state index >= 15 is 0 Å². The van der Waals surface area contributed by atoms with Crippen molar-refractivity contribution < 1.29 is 8.42 Å². The molecular weight excluding hydrogens is 364 g/mol. The monoisotopic (exact) mass is 384 g/mol. The second kappa shape index (κ2) is 7.01. The van der Waals surface area contributed by atoms with Gasteiger partial charge >= 0.3 is 0 Å². The van der Waals surface area contributed by atoms with E-state index in [1.165, 1.54) is 11.3 Å². The van der Waals surface area contributed by atoms with Crippen LogP contribution in [0.4, 0.5) is 0 Å². The summed E-state index contributed by atoms with van der Waals surface area (Å²) < 4.78 is 29.7. The fourth-order valence-electron chi connectivity index (χ4n) is 2.65. The maximum absolute atomic E-state index is 12.8. The van der Waals surface area contributed by atoms with Crippen LogP contribution in [0.2, 0.25) is 0 Å². The zero-order valence-corrected chi connectivity index (χ0v) is 16.1. The predicted octanol–water partition coefficient (Wildman–Crippen LogP) is 2.25. The molecule has 0 amide bonds. The molecular formula is C15H20N4O2S3. The smallest absolute Gasteiger partial charge is 0.243 e. The van der Waals surface area contributed by atoms with E-state index in [0.717, 1.165) is 15.1 Å². The van der Waals surface area contributed by atoms with Crippen LogP contribution in [0.1, 0.15) is 11.1 Å². The highest BCUT2D eigenvalue weighted by atomic mass is 32.2. The summed E-state index contributed by atoms with van der Waals surface area (Å²) in [5.41, 5.74) is 3.81. The van der Waals surface area contributed by atoms with Gasteiger partial charge in [0.2, 0.25) is 10.0 Å². The lowest BCUT2D eigenvalue weighted by atomic mass is 10.1. The van der Waals surface area contributed by atoms with E-state index in [0.29, 0.717) is 37.7 Å². The van der Waals surface area contributed by atoms with E-state index in [1.54, 1.807) is 26.6 Å². The summed E-state index contributed by atoms with van der Waals surface area (Å²) >= 11 is 6.64. The number of sulfonamides is 1. The molecule has 1 saturated heterocycles. The lowest BCUT2D eigenvalue weighted by Gasteiger charge is -2.33. The molecule has 0 bridgehead atoms. The predicted molar refractivity (Wildman–Crippen MR) is 97.2 cm³/mol. The maximum Gasteiger partial charge on any atom is 0.243 e. The van der Waals surface area contributed by atoms with Gasteiger partial charge in [0, 0.05) is 26.2 Å². The molecule has 0 saturated carbocycles. The number of aromatic nitrogens is 2. The van der Waals surface area contributed by atoms with Gasteiger partial charge in [0.05, 0.1) is 11.6 Å². The summed E-state index contributed by atoms with van der Waals surface area (Å²) in [6.45, 7) is 6.82. The average molecular weight is 385 g/mol. The van der Waals surface area contributed by atoms with Gasteiger partial charge in [-0.3, -0.25) is 4.90 Å². The molecule has 0 aliphatic carbocycles. The Bertz CT molecular complexity index is 880. The van der Waals surface area contributed by atoms with Crippen molar-refractivity contribution in [3.8, 4) is 0 Å². The Hall–Kier alpha value is -1.13. The average Bonchev–Trinajstić information content (AvgIpc) is 2.95. The van der Waals surface area contributed by atoms with E-state index in [-0.39, 0.29) is 0 Å². The summed E-state index contributed by atoms with van der Waals surface area (Å²) in [6.07, 6.45) is 0. The Kier molecular flexibility index (Phi) is 5.16. The SMILES string of the molecule is Cc1ccc(S(=O)(=O)N2CCN(Cn3ncsc3=S)CC2)cc1C. The van der Waals surface area contributed by atoms with Gasteiger partial charge in [-0.2, -0.15) is 9.40 Å². The van der Waals surface area contributed by atoms with Crippen molar-refractivity contribution in [2.75, 3.05) is 26.2 Å². The van der Waals surface area contributed by atoms with Gasteiger partial charge in [-0.15, -0.1) is 0 Å². The first-order valence-corrected chi connectivity index (χ1v) is 10.4. The molecule has 6 nitrogen and oxygen atoms in total. The largest absolute Gasteiger partial charge is 0.282 e. The van der Waals surface area contributed by atoms with Gasteiger partial charge in [-0.25, -0.2) is 13.1 Å². The molecule has 9 heteroatoms. The zero-order valence-electron chi connectivity index (χ0n) is 13.7. The Morgan fingerprint density at radius 3 is 2.46 bits per heavy atom. The van der Waals surface area contributed by atoms with Crippen LogP contribution in [0.15, 0.2) is 28.6 Å². The third-order valence-electron chi connectivity index (χ3n) is 4.33. The van der Waals surface area contributed by atoms with Crippen LogP contribution in [-0.4, -0.2) is 53.6 Å². The van der Waals surface area contributed by atoms with Crippen LogP contribution in [0, 0.1) is 17.8 Å². The third-order valence-corrected chi connectivity index (χ3v) is 7.34. The number of benzene rings is 1. The first kappa shape index (κ1) is 17.7. The number of hydrogen-bond donors (Lipinski definition) is 0. The highest BCUT2D eigenvalue weighted by Crippen LogP contribution is 2.20. The van der Waals surface area contributed by atoms with Gasteiger partial charge < -0.3 is 0 Å². The molecule has 0 unspecified atom stereocenters. The van der Waals surface area contributed by atoms with Gasteiger partial charge in [0.25, 0.3) is 0 Å². The molecule has 0 radical (unpaired) electrons. The zero-order chi connectivity index (χ0) is 17.3. The van der Waals surface area contributed by atoms with Crippen molar-refractivity contribution in [1.29, 1.82) is 0 Å². The van der Waals surface area contributed by atoms with E-state index < -0.39 is 10.0 Å². The maximum atomic E-state index is 12.8. The van der Waals surface area contributed by atoms with Crippen molar-refractivity contribution in [3.05, 3.63) is 38.8 Å². The summed E-state index contributed by atoms with van der Waals surface area (Å²) in [4.78, 5) is 2.54. The Morgan fingerprint density at radius 1 is 1.17 bits per heavy atom. The fourth-order valence-corrected chi connectivity index (χ4v) is 4.87. The summed E-state index contributed by atoms with van der Waals surface area (Å²) in [5, 5.41) is 4.20. The van der Waals surface area contributed by atoms with Crippen molar-refractivity contribution in [1.82, 2.24) is 19.0 Å². The van der Waals surface area contributed by atoms with Crippen molar-refractivity contribution in [2.24, 2.45) is 0 Å². The number of rotatable bonds is 4. The first-order chi connectivity index (χ1) is 11.4. The minimum Gasteiger partial charge on any atom is -0.282 e. The second-order valence-corrected chi connectivity index (χ2v) is 9.33. The quantitative estimate of drug-likeness (QED) is 0.757. The Balaban J connectivity index is 1.68. The molecule has 2 heterocycles. The summed E-state index contributed by atoms with van der Waals surface area (Å²) in [7, 11) is -3.43. The number of aryl methyl sites for hydroxylation is 2. The van der Waals surface area contributed by atoms with E-state index in [9.17, 15) is 8.42 Å². The first-order valence-electron chi connectivity index (χ1n) is 7.68. The van der Waals surface area contributed by atoms with E-state index in [2.05, 4.69) is 10.00 Å². The fraction of sp³-hybridized carbons (Fsp3) is 0.467. The molecule has 3 rings (SSSR count). The number of nitrogens with zero attached hydrogens (tertiary/aromatic N) is 4. The molecule has 1 aromatic heterocycles. The molecule has 1 aromatic carbocycles. The molecule has 24 heavy (non-hydrogen) atoms. The number of hydrogen-bond acceptors (Lipinski definition) is 6. The molecule has 1 aliphatic heterocycles. The number of piperazine rings is 1. The topological polar surface area (TPSA) is 58.4 Å². The van der Waals surface area contributed by atoms with Crippen molar-refractivity contribution in [3.63, 3.8) is 0 Å². The van der Waals surface area contributed by atoms with Crippen LogP contribution in [-0.2, 0) is 16.7 Å². The van der Waals surface area contributed by atoms with Gasteiger partial charge in [-0.1, -0.05) is 17.4 Å². The lowest BCUT2D eigenvalue weighted by Crippen LogP contribution is -2.48. The van der Waals surface area contributed by atoms with Crippen LogP contribution in [0.5, 0.6) is 0 Å². The Labute approximate surface area is 151 Å². The third kappa shape index (κ3) is 3.60. The van der Waals surface area contributed by atoms with Crippen molar-refractivity contribution in [2.45, 2.75) is 25.4 Å². The molecule has 0 atom stereocenters. The Morgan fingerprint density at radius 2 is 1.88 bits per heavy atom. The molecule has 1 aliphatic rings. The molecule has 130 valence electrons. The van der Waals surface area contributed by atoms with E-state index in [1.807, 2.05) is 19.9 Å². The molecule has 0 spiro atoms. The standard InChI is InChI=1S/C15H20N4O2S3/c1-12-3-4-14(9-13(12)2)24(20,21)18-7-5-17(6-8-18)11-19-15(22)23-10-16-19/h3-4,9-10H,5-8,11H2,1-2H3. The van der Waals surface area contributed by atoms with E-state index in [4.69, 9.17) is 12.2 Å². The van der Waals surface area contributed by atoms with Crippen LogP contribution in [0.3, 0.4) is 0 Å². The van der Waals surface area contributed by atoms with Gasteiger partial charge in [-0.05, 0) is 49.3 Å². The minimum absolute atomic E-state index is 0.376. The van der Waals surface area contributed by atoms with Crippen molar-refractivity contribution >= 4 is 33.6 Å². The molecule has 1 fully saturated rings. The van der Waals surface area contributed by atoms with Crippen LogP contribution < -0.4 is 0 Å². The second-order valence-electron chi connectivity index (χ2n) is 5.91. The molecule has 0 N–H and O–H groups in total. The normalized spacial score (nSPS) is 17.2. The van der Waals surface area contributed by atoms with Gasteiger partial charge in [0.1, 0.15) is 5.51 Å². The van der Waals surface area contributed by atoms with Crippen LogP contribution >= 0.6 is 23.6 Å². The molecule has 2 aromatic rings. The summed E-state index contributed by atoms with van der Waals surface area (Å²) in [6, 6.07) is 5.31. The minimum atomic E-state index is -3.43. The van der Waals surface area contributed by atoms with Crippen LogP contribution in [0.25, 0.3) is 0 Å².